The molecule has 0 bridgehead atoms. The minimum Gasteiger partial charge on any atom is -0.368 e. The lowest BCUT2D eigenvalue weighted by atomic mass is 10.1. The second kappa shape index (κ2) is 7.12. The van der Waals surface area contributed by atoms with Crippen molar-refractivity contribution in [3.63, 3.8) is 0 Å². The average Bonchev–Trinajstić information content (AvgIpc) is 2.60. The lowest BCUT2D eigenvalue weighted by Crippen LogP contribution is -2.16. The Hall–Kier alpha value is -2.94. The van der Waals surface area contributed by atoms with E-state index in [-0.39, 0.29) is 11.2 Å². The number of primary amides is 1. The summed E-state index contributed by atoms with van der Waals surface area (Å²) in [5.74, 6) is 0.707. The molecule has 0 saturated carbocycles. The van der Waals surface area contributed by atoms with Crippen LogP contribution in [0.1, 0.15) is 28.4 Å². The molecule has 0 aliphatic heterocycles. The normalized spacial score (nSPS) is 12.1. The van der Waals surface area contributed by atoms with Gasteiger partial charge in [0.1, 0.15) is 5.82 Å². The van der Waals surface area contributed by atoms with Crippen molar-refractivity contribution in [3.8, 4) is 0 Å². The summed E-state index contributed by atoms with van der Waals surface area (Å²) in [5, 5.41) is 1.25. The van der Waals surface area contributed by atoms with Crippen LogP contribution in [-0.4, -0.2) is 39.9 Å². The van der Waals surface area contributed by atoms with Crippen molar-refractivity contribution in [2.75, 3.05) is 24.7 Å². The van der Waals surface area contributed by atoms with Crippen LogP contribution in [0.5, 0.6) is 0 Å². The molecular weight excluding hydrogens is 350 g/mol. The second-order valence-corrected chi connectivity index (χ2v) is 7.26. The molecule has 1 amide bonds. The Morgan fingerprint density at radius 1 is 1.15 bits per heavy atom. The van der Waals surface area contributed by atoms with Crippen molar-refractivity contribution in [3.05, 3.63) is 41.7 Å². The number of pyridine rings is 1. The van der Waals surface area contributed by atoms with Crippen LogP contribution in [0.15, 0.2) is 35.4 Å². The number of nitrogens with two attached hydrogens (primary N) is 2. The number of amides is 1. The number of aromatic nitrogens is 4. The van der Waals surface area contributed by atoms with Crippen molar-refractivity contribution in [2.45, 2.75) is 17.2 Å². The standard InChI is InChI=1S/C17H19N7OS/c1-9(15-21-16(19)23-17(22-15)24(2)3)26-13-8-11(14(18)25)10-6-4-5-7-12(10)20-13/h4-9H,1-3H3,(H2,18,25)(H2,19,21,22,23). The number of carbonyl (C=O) groups is 1. The molecular formula is C17H19N7OS. The van der Waals surface area contributed by atoms with Gasteiger partial charge in [-0.05, 0) is 19.1 Å². The van der Waals surface area contributed by atoms with E-state index in [0.29, 0.717) is 27.9 Å². The molecule has 2 heterocycles. The molecule has 0 spiro atoms. The van der Waals surface area contributed by atoms with Crippen LogP contribution in [0, 0.1) is 0 Å². The van der Waals surface area contributed by atoms with Gasteiger partial charge in [0, 0.05) is 19.5 Å². The zero-order valence-corrected chi connectivity index (χ0v) is 15.5. The molecule has 1 atom stereocenters. The van der Waals surface area contributed by atoms with Crippen molar-refractivity contribution in [1.82, 2.24) is 19.9 Å². The van der Waals surface area contributed by atoms with E-state index in [2.05, 4.69) is 19.9 Å². The summed E-state index contributed by atoms with van der Waals surface area (Å²) in [6, 6.07) is 9.09. The van der Waals surface area contributed by atoms with E-state index in [1.54, 1.807) is 11.0 Å². The Bertz CT molecular complexity index is 976. The Morgan fingerprint density at radius 2 is 1.88 bits per heavy atom. The highest BCUT2D eigenvalue weighted by molar-refractivity contribution is 7.99. The minimum absolute atomic E-state index is 0.145. The summed E-state index contributed by atoms with van der Waals surface area (Å²) in [6.07, 6.45) is 0. The number of nitrogen functional groups attached to an aromatic ring is 1. The predicted octanol–water partition coefficient (Wildman–Crippen LogP) is 2.02. The number of rotatable bonds is 5. The fourth-order valence-electron chi connectivity index (χ4n) is 2.43. The fraction of sp³-hybridized carbons (Fsp3) is 0.235. The molecule has 0 saturated heterocycles. The van der Waals surface area contributed by atoms with Gasteiger partial charge in [-0.15, -0.1) is 0 Å². The van der Waals surface area contributed by atoms with Gasteiger partial charge in [-0.3, -0.25) is 4.79 Å². The predicted molar refractivity (Wildman–Crippen MR) is 103 cm³/mol. The van der Waals surface area contributed by atoms with Crippen LogP contribution in [0.25, 0.3) is 10.9 Å². The lowest BCUT2D eigenvalue weighted by Gasteiger charge is -2.15. The summed E-state index contributed by atoms with van der Waals surface area (Å²) in [5.41, 5.74) is 12.5. The third-order valence-corrected chi connectivity index (χ3v) is 4.69. The van der Waals surface area contributed by atoms with Gasteiger partial charge in [-0.2, -0.15) is 15.0 Å². The molecule has 134 valence electrons. The zero-order valence-electron chi connectivity index (χ0n) is 14.7. The number of nitrogens with zero attached hydrogens (tertiary/aromatic N) is 5. The number of benzene rings is 1. The highest BCUT2D eigenvalue weighted by Gasteiger charge is 2.17. The van der Waals surface area contributed by atoms with E-state index in [1.165, 1.54) is 11.8 Å². The van der Waals surface area contributed by atoms with E-state index in [4.69, 9.17) is 11.5 Å². The number of fused-ring (bicyclic) bond motifs is 1. The second-order valence-electron chi connectivity index (χ2n) is 5.90. The average molecular weight is 369 g/mol. The summed E-state index contributed by atoms with van der Waals surface area (Å²) in [7, 11) is 3.67. The molecule has 0 aliphatic rings. The van der Waals surface area contributed by atoms with Gasteiger partial charge < -0.3 is 16.4 Å². The third kappa shape index (κ3) is 3.67. The van der Waals surface area contributed by atoms with Crippen molar-refractivity contribution in [2.24, 2.45) is 5.73 Å². The van der Waals surface area contributed by atoms with Crippen LogP contribution in [0.2, 0.25) is 0 Å². The molecule has 0 fully saturated rings. The largest absolute Gasteiger partial charge is 0.368 e. The van der Waals surface area contributed by atoms with Crippen molar-refractivity contribution < 1.29 is 4.79 Å². The molecule has 26 heavy (non-hydrogen) atoms. The molecule has 8 nitrogen and oxygen atoms in total. The number of hydrogen-bond acceptors (Lipinski definition) is 8. The maximum atomic E-state index is 11.8. The summed E-state index contributed by atoms with van der Waals surface area (Å²) in [4.78, 5) is 30.9. The van der Waals surface area contributed by atoms with Gasteiger partial charge in [-0.1, -0.05) is 30.0 Å². The highest BCUT2D eigenvalue weighted by Crippen LogP contribution is 2.34. The van der Waals surface area contributed by atoms with Crippen LogP contribution < -0.4 is 16.4 Å². The van der Waals surface area contributed by atoms with Gasteiger partial charge in [0.15, 0.2) is 0 Å². The van der Waals surface area contributed by atoms with Gasteiger partial charge >= 0.3 is 0 Å². The molecule has 9 heteroatoms. The van der Waals surface area contributed by atoms with Crippen LogP contribution in [-0.2, 0) is 0 Å². The quantitative estimate of drug-likeness (QED) is 0.655. The lowest BCUT2D eigenvalue weighted by molar-refractivity contribution is 0.100. The molecule has 1 aromatic carbocycles. The van der Waals surface area contributed by atoms with E-state index in [1.807, 2.05) is 45.3 Å². The zero-order chi connectivity index (χ0) is 18.8. The monoisotopic (exact) mass is 369 g/mol. The Kier molecular flexibility index (Phi) is 4.90. The molecule has 0 radical (unpaired) electrons. The van der Waals surface area contributed by atoms with E-state index < -0.39 is 5.91 Å². The van der Waals surface area contributed by atoms with Crippen LogP contribution in [0.3, 0.4) is 0 Å². The number of thioether (sulfide) groups is 1. The summed E-state index contributed by atoms with van der Waals surface area (Å²) >= 11 is 1.43. The SMILES string of the molecule is CC(Sc1cc(C(N)=O)c2ccccc2n1)c1nc(N)nc(N(C)C)n1. The third-order valence-electron chi connectivity index (χ3n) is 3.68. The Labute approximate surface area is 155 Å². The molecule has 3 aromatic rings. The highest BCUT2D eigenvalue weighted by atomic mass is 32.2. The van der Waals surface area contributed by atoms with E-state index in [9.17, 15) is 4.79 Å². The molecule has 2 aromatic heterocycles. The summed E-state index contributed by atoms with van der Waals surface area (Å²) in [6.45, 7) is 1.94. The maximum absolute atomic E-state index is 11.8. The Morgan fingerprint density at radius 3 is 2.58 bits per heavy atom. The van der Waals surface area contributed by atoms with Crippen LogP contribution >= 0.6 is 11.8 Å². The number of anilines is 2. The number of hydrogen-bond donors (Lipinski definition) is 2. The smallest absolute Gasteiger partial charge is 0.249 e. The minimum atomic E-state index is -0.489. The van der Waals surface area contributed by atoms with Crippen molar-refractivity contribution in [1.29, 1.82) is 0 Å². The van der Waals surface area contributed by atoms with Gasteiger partial charge in [0.25, 0.3) is 0 Å². The van der Waals surface area contributed by atoms with Crippen LogP contribution in [0.4, 0.5) is 11.9 Å². The first-order chi connectivity index (χ1) is 12.3. The first kappa shape index (κ1) is 17.9. The number of carbonyl (C=O) groups excluding carboxylic acids is 1. The first-order valence-corrected chi connectivity index (χ1v) is 8.78. The van der Waals surface area contributed by atoms with Gasteiger partial charge in [-0.25, -0.2) is 4.98 Å². The molecule has 0 aliphatic carbocycles. The fourth-order valence-corrected chi connectivity index (χ4v) is 3.34. The molecule has 4 N–H and O–H groups in total. The first-order valence-electron chi connectivity index (χ1n) is 7.90. The van der Waals surface area contributed by atoms with Gasteiger partial charge in [0.2, 0.25) is 17.8 Å². The Balaban J connectivity index is 1.97. The van der Waals surface area contributed by atoms with Gasteiger partial charge in [0.05, 0.1) is 21.4 Å². The topological polar surface area (TPSA) is 124 Å². The van der Waals surface area contributed by atoms with Crippen molar-refractivity contribution >= 4 is 40.5 Å². The number of para-hydroxylation sites is 1. The molecule has 3 rings (SSSR count). The van der Waals surface area contributed by atoms with E-state index in [0.717, 1.165) is 5.39 Å². The molecule has 1 unspecified atom stereocenters. The maximum Gasteiger partial charge on any atom is 0.249 e. The van der Waals surface area contributed by atoms with E-state index >= 15 is 0 Å². The summed E-state index contributed by atoms with van der Waals surface area (Å²) < 4.78 is 0.